The number of hydrogen-bond acceptors (Lipinski definition) is 7. The van der Waals surface area contributed by atoms with Crippen LogP contribution < -0.4 is 9.46 Å². The number of likely N-dealkylation sites (N-methyl/N-ethyl adjacent to an activating group) is 1. The van der Waals surface area contributed by atoms with Crippen molar-refractivity contribution in [3.8, 4) is 5.75 Å². The zero-order valence-electron chi connectivity index (χ0n) is 25.3. The normalized spacial score (nSPS) is 21.4. The first kappa shape index (κ1) is 33.4. The molecule has 1 aliphatic rings. The summed E-state index contributed by atoms with van der Waals surface area (Å²) < 4.78 is 38.7. The lowest BCUT2D eigenvalue weighted by molar-refractivity contribution is -0.131. The van der Waals surface area contributed by atoms with E-state index in [0.29, 0.717) is 18.9 Å². The molecule has 2 N–H and O–H groups in total. The molecule has 0 aliphatic carbocycles. The number of nitrogens with zero attached hydrogens (tertiary/aromatic N) is 2. The van der Waals surface area contributed by atoms with Gasteiger partial charge in [-0.1, -0.05) is 37.3 Å². The van der Waals surface area contributed by atoms with E-state index in [9.17, 15) is 23.1 Å². The molecular weight excluding hydrogens is 558 g/mol. The second-order valence-corrected chi connectivity index (χ2v) is 13.1. The van der Waals surface area contributed by atoms with Crippen molar-refractivity contribution in [2.24, 2.45) is 5.92 Å². The van der Waals surface area contributed by atoms with Gasteiger partial charge in [-0.3, -0.25) is 14.3 Å². The van der Waals surface area contributed by atoms with Crippen molar-refractivity contribution in [2.75, 3.05) is 44.3 Å². The maximum atomic E-state index is 14.1. The summed E-state index contributed by atoms with van der Waals surface area (Å²) in [5, 5.41) is 10.1. The van der Waals surface area contributed by atoms with E-state index in [1.54, 1.807) is 35.9 Å². The minimum Gasteiger partial charge on any atom is -0.490 e. The predicted octanol–water partition coefficient (Wildman–Crippen LogP) is 3.55. The van der Waals surface area contributed by atoms with Gasteiger partial charge in [0.25, 0.3) is 5.91 Å². The summed E-state index contributed by atoms with van der Waals surface area (Å²) >= 11 is 0. The van der Waals surface area contributed by atoms with Crippen LogP contribution in [-0.2, 0) is 26.0 Å². The third kappa shape index (κ3) is 9.99. The third-order valence-corrected chi connectivity index (χ3v) is 8.04. The number of hydrogen-bond donors (Lipinski definition) is 2. The molecule has 42 heavy (non-hydrogen) atoms. The maximum absolute atomic E-state index is 14.1. The number of anilines is 1. The van der Waals surface area contributed by atoms with Crippen LogP contribution in [0.4, 0.5) is 5.69 Å². The number of fused-ring (bicyclic) bond motifs is 1. The second kappa shape index (κ2) is 15.4. The van der Waals surface area contributed by atoms with E-state index >= 15 is 0 Å². The fourth-order valence-electron chi connectivity index (χ4n) is 4.94. The average Bonchev–Trinajstić information content (AvgIpc) is 2.94. The summed E-state index contributed by atoms with van der Waals surface area (Å²) in [5.41, 5.74) is 1.38. The molecule has 10 nitrogen and oxygen atoms in total. The minimum atomic E-state index is -3.57. The molecule has 4 atom stereocenters. The number of carbonyl (C=O) groups is 2. The summed E-state index contributed by atoms with van der Waals surface area (Å²) in [6.45, 7) is 6.47. The Bertz CT molecular complexity index is 1290. The predicted molar refractivity (Wildman–Crippen MR) is 163 cm³/mol. The van der Waals surface area contributed by atoms with Gasteiger partial charge in [0, 0.05) is 38.3 Å². The van der Waals surface area contributed by atoms with Crippen LogP contribution in [0.25, 0.3) is 0 Å². The van der Waals surface area contributed by atoms with Crippen molar-refractivity contribution in [2.45, 2.75) is 64.7 Å². The van der Waals surface area contributed by atoms with Crippen LogP contribution in [0.3, 0.4) is 0 Å². The standard InChI is InChI=1S/C31H45N3O7S/c1-22-19-34(23(2)21-35)31(37)27-18-26(32-42(5,38)39)14-15-28(27)41-24(3)11-9-10-16-40-29(22)20-33(4)30(36)17-25-12-7-6-8-13-25/h6-8,12-15,18,22-24,29,32,35H,9-11,16-17,19-21H2,1-5H3/t22-,23-,24+,29-/m1/s1. The highest BCUT2D eigenvalue weighted by Gasteiger charge is 2.31. The topological polar surface area (TPSA) is 125 Å². The highest BCUT2D eigenvalue weighted by atomic mass is 32.2. The van der Waals surface area contributed by atoms with Gasteiger partial charge >= 0.3 is 0 Å². The number of sulfonamides is 1. The molecule has 0 saturated heterocycles. The third-order valence-electron chi connectivity index (χ3n) is 7.43. The van der Waals surface area contributed by atoms with Gasteiger partial charge in [0.1, 0.15) is 5.75 Å². The van der Waals surface area contributed by atoms with E-state index in [0.717, 1.165) is 31.1 Å². The number of amides is 2. The summed E-state index contributed by atoms with van der Waals surface area (Å²) in [6, 6.07) is 13.7. The molecule has 2 aromatic rings. The van der Waals surface area contributed by atoms with Crippen LogP contribution in [0.15, 0.2) is 48.5 Å². The zero-order chi connectivity index (χ0) is 30.9. The van der Waals surface area contributed by atoms with Gasteiger partial charge in [-0.15, -0.1) is 0 Å². The first-order chi connectivity index (χ1) is 19.9. The Kier molecular flexibility index (Phi) is 12.2. The van der Waals surface area contributed by atoms with Gasteiger partial charge in [-0.2, -0.15) is 0 Å². The molecule has 0 bridgehead atoms. The number of nitrogens with one attached hydrogen (secondary N) is 1. The minimum absolute atomic E-state index is 0.0288. The molecule has 2 amide bonds. The zero-order valence-corrected chi connectivity index (χ0v) is 26.1. The van der Waals surface area contributed by atoms with Crippen LogP contribution in [0.1, 0.15) is 56.0 Å². The van der Waals surface area contributed by atoms with Gasteiger partial charge in [0.15, 0.2) is 0 Å². The van der Waals surface area contributed by atoms with Gasteiger partial charge in [0.2, 0.25) is 15.9 Å². The largest absolute Gasteiger partial charge is 0.490 e. The van der Waals surface area contributed by atoms with Crippen molar-refractivity contribution >= 4 is 27.5 Å². The van der Waals surface area contributed by atoms with Crippen LogP contribution in [0.2, 0.25) is 0 Å². The summed E-state index contributed by atoms with van der Waals surface area (Å²) in [4.78, 5) is 30.3. The highest BCUT2D eigenvalue weighted by molar-refractivity contribution is 7.92. The molecule has 0 fully saturated rings. The SMILES string of the molecule is C[C@@H]1CN([C@H](C)CO)C(=O)c2cc(NS(C)(=O)=O)ccc2O[C@@H](C)CCCCO[C@@H]1CN(C)C(=O)Cc1ccccc1. The van der Waals surface area contributed by atoms with E-state index in [4.69, 9.17) is 9.47 Å². The molecule has 11 heteroatoms. The molecule has 3 rings (SSSR count). The number of ether oxygens (including phenoxy) is 2. The van der Waals surface area contributed by atoms with Gasteiger partial charge in [0.05, 0.1) is 43.1 Å². The smallest absolute Gasteiger partial charge is 0.258 e. The van der Waals surface area contributed by atoms with Crippen LogP contribution >= 0.6 is 0 Å². The van der Waals surface area contributed by atoms with Crippen molar-refractivity contribution < 1.29 is 32.6 Å². The summed E-state index contributed by atoms with van der Waals surface area (Å²) in [5.74, 6) is -0.269. The van der Waals surface area contributed by atoms with Crippen LogP contribution in [0, 0.1) is 5.92 Å². The van der Waals surface area contributed by atoms with Gasteiger partial charge in [-0.25, -0.2) is 8.42 Å². The van der Waals surface area contributed by atoms with Crippen molar-refractivity contribution in [1.82, 2.24) is 9.80 Å². The van der Waals surface area contributed by atoms with Crippen LogP contribution in [0.5, 0.6) is 5.75 Å². The molecule has 1 aliphatic heterocycles. The Morgan fingerprint density at radius 2 is 1.88 bits per heavy atom. The lowest BCUT2D eigenvalue weighted by Crippen LogP contribution is -2.48. The number of aliphatic hydroxyl groups excluding tert-OH is 1. The first-order valence-electron chi connectivity index (χ1n) is 14.5. The van der Waals surface area contributed by atoms with Gasteiger partial charge < -0.3 is 24.4 Å². The highest BCUT2D eigenvalue weighted by Crippen LogP contribution is 2.29. The second-order valence-electron chi connectivity index (χ2n) is 11.3. The number of benzene rings is 2. The molecule has 1 heterocycles. The molecule has 2 aromatic carbocycles. The molecule has 0 spiro atoms. The Hall–Kier alpha value is -3.15. The Morgan fingerprint density at radius 3 is 2.55 bits per heavy atom. The quantitative estimate of drug-likeness (QED) is 0.473. The molecule has 0 unspecified atom stereocenters. The molecule has 0 radical (unpaired) electrons. The lowest BCUT2D eigenvalue weighted by Gasteiger charge is -2.36. The van der Waals surface area contributed by atoms with E-state index in [1.807, 2.05) is 44.2 Å². The molecule has 0 saturated carbocycles. The monoisotopic (exact) mass is 603 g/mol. The lowest BCUT2D eigenvalue weighted by atomic mass is 10.0. The van der Waals surface area contributed by atoms with Crippen molar-refractivity contribution in [1.29, 1.82) is 0 Å². The van der Waals surface area contributed by atoms with E-state index in [1.165, 1.54) is 6.07 Å². The summed E-state index contributed by atoms with van der Waals surface area (Å²) in [7, 11) is -1.81. The van der Waals surface area contributed by atoms with E-state index < -0.39 is 22.0 Å². The van der Waals surface area contributed by atoms with Crippen molar-refractivity contribution in [3.05, 3.63) is 59.7 Å². The molecule has 232 valence electrons. The Balaban J connectivity index is 1.91. The average molecular weight is 604 g/mol. The number of rotatable bonds is 8. The molecular formula is C31H45N3O7S. The van der Waals surface area contributed by atoms with E-state index in [2.05, 4.69) is 4.72 Å². The Morgan fingerprint density at radius 1 is 1.17 bits per heavy atom. The molecule has 0 aromatic heterocycles. The number of carbonyl (C=O) groups excluding carboxylic acids is 2. The van der Waals surface area contributed by atoms with Gasteiger partial charge in [-0.05, 0) is 56.9 Å². The van der Waals surface area contributed by atoms with E-state index in [-0.39, 0.29) is 54.9 Å². The van der Waals surface area contributed by atoms with Crippen LogP contribution in [-0.4, -0.2) is 93.0 Å². The maximum Gasteiger partial charge on any atom is 0.258 e. The number of aliphatic hydroxyl groups is 1. The fourth-order valence-corrected chi connectivity index (χ4v) is 5.50. The van der Waals surface area contributed by atoms with Crippen molar-refractivity contribution in [3.63, 3.8) is 0 Å². The fraction of sp³-hybridized carbons (Fsp3) is 0.548. The Labute approximate surface area is 250 Å². The summed E-state index contributed by atoms with van der Waals surface area (Å²) in [6.07, 6.45) is 3.14. The first-order valence-corrected chi connectivity index (χ1v) is 16.4.